The predicted molar refractivity (Wildman–Crippen MR) is 89.8 cm³/mol. The Morgan fingerprint density at radius 2 is 2.43 bits per heavy atom. The minimum Gasteiger partial charge on any atom is -0.466 e. The lowest BCUT2D eigenvalue weighted by Gasteiger charge is -2.13. The molecule has 1 aliphatic heterocycles. The number of thiazole rings is 1. The summed E-state index contributed by atoms with van der Waals surface area (Å²) in [4.78, 5) is 27.9. The first-order chi connectivity index (χ1) is 11.1. The number of hydrogen-bond acceptors (Lipinski definition) is 7. The second kappa shape index (κ2) is 9.24. The van der Waals surface area contributed by atoms with Crippen LogP contribution in [0.2, 0.25) is 0 Å². The van der Waals surface area contributed by atoms with Crippen LogP contribution in [0, 0.1) is 0 Å². The van der Waals surface area contributed by atoms with Crippen LogP contribution in [0.3, 0.4) is 0 Å². The molecule has 1 aromatic rings. The maximum Gasteiger partial charge on any atom is 0.311 e. The molecule has 2 atom stereocenters. The normalized spacial score (nSPS) is 18.6. The molecule has 0 unspecified atom stereocenters. The first-order valence-electron chi connectivity index (χ1n) is 7.74. The third-order valence-corrected chi connectivity index (χ3v) is 5.46. The standard InChI is InChI=1S/C15H22N2O4S2/c1-3-20-13(18)7-11-9-22-15(17-11)23-10(2)14(19)16-8-12-5-4-6-21-12/h9-10,12H,3-8H2,1-2H3,(H,16,19)/t10-,12+/m1/s1. The van der Waals surface area contributed by atoms with Gasteiger partial charge in [0.05, 0.1) is 30.1 Å². The summed E-state index contributed by atoms with van der Waals surface area (Å²) in [5.74, 6) is -0.302. The van der Waals surface area contributed by atoms with Gasteiger partial charge in [0, 0.05) is 18.5 Å². The maximum atomic E-state index is 12.1. The Bertz CT molecular complexity index is 529. The summed E-state index contributed by atoms with van der Waals surface area (Å²) in [5.41, 5.74) is 0.683. The maximum absolute atomic E-state index is 12.1. The number of amides is 1. The third-order valence-electron chi connectivity index (χ3n) is 3.34. The van der Waals surface area contributed by atoms with Crippen LogP contribution in [0.1, 0.15) is 32.4 Å². The van der Waals surface area contributed by atoms with Crippen LogP contribution in [0.15, 0.2) is 9.72 Å². The Morgan fingerprint density at radius 3 is 3.13 bits per heavy atom. The molecule has 0 aliphatic carbocycles. The lowest BCUT2D eigenvalue weighted by Crippen LogP contribution is -2.36. The molecule has 1 fully saturated rings. The van der Waals surface area contributed by atoms with Crippen LogP contribution in [-0.4, -0.2) is 48.0 Å². The molecule has 2 heterocycles. The molecule has 1 aromatic heterocycles. The summed E-state index contributed by atoms with van der Waals surface area (Å²) < 4.78 is 11.2. The van der Waals surface area contributed by atoms with Crippen molar-refractivity contribution in [3.8, 4) is 0 Å². The molecular formula is C15H22N2O4S2. The smallest absolute Gasteiger partial charge is 0.311 e. The topological polar surface area (TPSA) is 77.5 Å². The van der Waals surface area contributed by atoms with Crippen molar-refractivity contribution < 1.29 is 19.1 Å². The molecular weight excluding hydrogens is 336 g/mol. The Labute approximate surface area is 144 Å². The van der Waals surface area contributed by atoms with Crippen molar-refractivity contribution in [3.05, 3.63) is 11.1 Å². The number of thioether (sulfide) groups is 1. The zero-order chi connectivity index (χ0) is 16.7. The number of esters is 1. The van der Waals surface area contributed by atoms with E-state index >= 15 is 0 Å². The number of nitrogens with zero attached hydrogens (tertiary/aromatic N) is 1. The summed E-state index contributed by atoms with van der Waals surface area (Å²) in [6, 6.07) is 0. The van der Waals surface area contributed by atoms with E-state index in [1.54, 1.807) is 6.92 Å². The molecule has 0 bridgehead atoms. The Hall–Kier alpha value is -1.12. The first kappa shape index (κ1) is 18.2. The Kier molecular flexibility index (Phi) is 7.32. The van der Waals surface area contributed by atoms with Gasteiger partial charge in [0.1, 0.15) is 0 Å². The van der Waals surface area contributed by atoms with Crippen LogP contribution >= 0.6 is 23.1 Å². The van der Waals surface area contributed by atoms with E-state index in [1.807, 2.05) is 12.3 Å². The molecule has 6 nitrogen and oxygen atoms in total. The number of nitrogens with one attached hydrogen (secondary N) is 1. The second-order valence-corrected chi connectivity index (χ2v) is 7.67. The molecule has 0 spiro atoms. The van der Waals surface area contributed by atoms with Crippen molar-refractivity contribution in [2.45, 2.75) is 48.8 Å². The van der Waals surface area contributed by atoms with E-state index in [0.29, 0.717) is 18.8 Å². The fourth-order valence-corrected chi connectivity index (χ4v) is 4.16. The van der Waals surface area contributed by atoms with Crippen LogP contribution in [0.4, 0.5) is 0 Å². The molecule has 1 saturated heterocycles. The molecule has 1 aliphatic rings. The van der Waals surface area contributed by atoms with Crippen molar-refractivity contribution in [1.82, 2.24) is 10.3 Å². The van der Waals surface area contributed by atoms with Crippen molar-refractivity contribution in [1.29, 1.82) is 0 Å². The molecule has 0 radical (unpaired) electrons. The van der Waals surface area contributed by atoms with E-state index in [4.69, 9.17) is 9.47 Å². The van der Waals surface area contributed by atoms with Gasteiger partial charge in [0.25, 0.3) is 0 Å². The molecule has 23 heavy (non-hydrogen) atoms. The van der Waals surface area contributed by atoms with E-state index in [1.165, 1.54) is 23.1 Å². The van der Waals surface area contributed by atoms with Gasteiger partial charge in [-0.1, -0.05) is 11.8 Å². The van der Waals surface area contributed by atoms with E-state index in [0.717, 1.165) is 23.8 Å². The summed E-state index contributed by atoms with van der Waals surface area (Å²) in [6.45, 7) is 5.34. The zero-order valence-electron chi connectivity index (χ0n) is 13.4. The van der Waals surface area contributed by atoms with Gasteiger partial charge in [-0.25, -0.2) is 4.98 Å². The van der Waals surface area contributed by atoms with Crippen molar-refractivity contribution in [2.75, 3.05) is 19.8 Å². The van der Waals surface area contributed by atoms with Crippen molar-refractivity contribution in [3.63, 3.8) is 0 Å². The lowest BCUT2D eigenvalue weighted by atomic mass is 10.2. The van der Waals surface area contributed by atoms with Gasteiger partial charge in [0.2, 0.25) is 5.91 Å². The van der Waals surface area contributed by atoms with Crippen LogP contribution in [0.25, 0.3) is 0 Å². The Balaban J connectivity index is 1.75. The highest BCUT2D eigenvalue weighted by atomic mass is 32.2. The van der Waals surface area contributed by atoms with Crippen LogP contribution in [-0.2, 0) is 25.5 Å². The third kappa shape index (κ3) is 6.12. The summed E-state index contributed by atoms with van der Waals surface area (Å²) in [5, 5.41) is 4.51. The predicted octanol–water partition coefficient (Wildman–Crippen LogP) is 2.02. The van der Waals surface area contributed by atoms with Gasteiger partial charge < -0.3 is 14.8 Å². The summed E-state index contributed by atoms with van der Waals surface area (Å²) in [7, 11) is 0. The average Bonchev–Trinajstić information content (AvgIpc) is 3.17. The number of aromatic nitrogens is 1. The molecule has 1 N–H and O–H groups in total. The summed E-state index contributed by atoms with van der Waals surface area (Å²) >= 11 is 2.84. The Morgan fingerprint density at radius 1 is 1.61 bits per heavy atom. The highest BCUT2D eigenvalue weighted by molar-refractivity contribution is 8.02. The van der Waals surface area contributed by atoms with Gasteiger partial charge >= 0.3 is 5.97 Å². The second-order valence-electron chi connectivity index (χ2n) is 5.23. The fraction of sp³-hybridized carbons (Fsp3) is 0.667. The van der Waals surface area contributed by atoms with E-state index < -0.39 is 0 Å². The number of carbonyl (C=O) groups excluding carboxylic acids is 2. The van der Waals surface area contributed by atoms with E-state index in [2.05, 4.69) is 10.3 Å². The minimum atomic E-state index is -0.281. The number of hydrogen-bond donors (Lipinski definition) is 1. The van der Waals surface area contributed by atoms with Gasteiger partial charge in [-0.05, 0) is 26.7 Å². The van der Waals surface area contributed by atoms with Gasteiger partial charge in [-0.3, -0.25) is 9.59 Å². The monoisotopic (exact) mass is 358 g/mol. The molecule has 0 aromatic carbocycles. The molecule has 8 heteroatoms. The lowest BCUT2D eigenvalue weighted by molar-refractivity contribution is -0.142. The van der Waals surface area contributed by atoms with E-state index in [9.17, 15) is 9.59 Å². The molecule has 2 rings (SSSR count). The van der Waals surface area contributed by atoms with Gasteiger partial charge in [-0.2, -0.15) is 0 Å². The number of ether oxygens (including phenoxy) is 2. The fourth-order valence-electron chi connectivity index (χ4n) is 2.15. The SMILES string of the molecule is CCOC(=O)Cc1csc(S[C@H](C)C(=O)NC[C@@H]2CCCO2)n1. The average molecular weight is 358 g/mol. The molecule has 128 valence electrons. The largest absolute Gasteiger partial charge is 0.466 e. The first-order valence-corrected chi connectivity index (χ1v) is 9.50. The van der Waals surface area contributed by atoms with Gasteiger partial charge in [0.15, 0.2) is 4.34 Å². The molecule has 0 saturated carbocycles. The van der Waals surface area contributed by atoms with Crippen LogP contribution in [0.5, 0.6) is 0 Å². The van der Waals surface area contributed by atoms with Crippen LogP contribution < -0.4 is 5.32 Å². The number of rotatable bonds is 8. The number of carbonyl (C=O) groups is 2. The zero-order valence-corrected chi connectivity index (χ0v) is 15.0. The highest BCUT2D eigenvalue weighted by Crippen LogP contribution is 2.27. The minimum absolute atomic E-state index is 0.0207. The summed E-state index contributed by atoms with van der Waals surface area (Å²) in [6.07, 6.45) is 2.38. The van der Waals surface area contributed by atoms with Gasteiger partial charge in [-0.15, -0.1) is 11.3 Å². The highest BCUT2D eigenvalue weighted by Gasteiger charge is 2.20. The molecule has 1 amide bonds. The van der Waals surface area contributed by atoms with E-state index in [-0.39, 0.29) is 29.7 Å². The van der Waals surface area contributed by atoms with Crippen molar-refractivity contribution in [2.24, 2.45) is 0 Å². The quantitative estimate of drug-likeness (QED) is 0.566. The van der Waals surface area contributed by atoms with Crippen molar-refractivity contribution >= 4 is 35.0 Å².